The number of carbonyl (C=O) groups excluding carboxylic acids is 1. The van der Waals surface area contributed by atoms with Crippen molar-refractivity contribution in [2.24, 2.45) is 0 Å². The molecule has 0 spiro atoms. The lowest BCUT2D eigenvalue weighted by atomic mass is 10.2. The number of carbonyl (C=O) groups is 1. The average molecular weight is 470 g/mol. The fraction of sp³-hybridized carbons (Fsp3) is 0.478. The van der Waals surface area contributed by atoms with Crippen LogP contribution < -0.4 is 5.32 Å². The lowest BCUT2D eigenvalue weighted by Gasteiger charge is -2.36. The molecule has 2 aromatic heterocycles. The Hall–Kier alpha value is -2.66. The second-order valence-corrected chi connectivity index (χ2v) is 14.7. The van der Waals surface area contributed by atoms with Crippen LogP contribution in [0.4, 0.5) is 5.82 Å². The van der Waals surface area contributed by atoms with E-state index >= 15 is 0 Å². The van der Waals surface area contributed by atoms with Crippen LogP contribution in [0.15, 0.2) is 43.0 Å². The number of aliphatic hydroxyl groups is 1. The fourth-order valence-electron chi connectivity index (χ4n) is 3.50. The number of ether oxygens (including phenoxy) is 1. The van der Waals surface area contributed by atoms with Gasteiger partial charge in [0, 0.05) is 12.0 Å². The molecule has 1 saturated heterocycles. The lowest BCUT2D eigenvalue weighted by molar-refractivity contribution is -0.0471. The summed E-state index contributed by atoms with van der Waals surface area (Å²) in [7, 11) is -1.92. The van der Waals surface area contributed by atoms with Gasteiger partial charge in [0.1, 0.15) is 12.4 Å². The normalized spacial score (nSPS) is 21.5. The van der Waals surface area contributed by atoms with E-state index in [1.165, 1.54) is 6.33 Å². The Kier molecular flexibility index (Phi) is 6.36. The van der Waals surface area contributed by atoms with Gasteiger partial charge >= 0.3 is 0 Å². The molecule has 2 N–H and O–H groups in total. The van der Waals surface area contributed by atoms with E-state index in [0.29, 0.717) is 35.6 Å². The van der Waals surface area contributed by atoms with Crippen LogP contribution in [-0.2, 0) is 9.16 Å². The van der Waals surface area contributed by atoms with Gasteiger partial charge in [-0.05, 0) is 30.3 Å². The first-order valence-corrected chi connectivity index (χ1v) is 14.0. The van der Waals surface area contributed by atoms with E-state index in [4.69, 9.17) is 9.16 Å². The highest BCUT2D eigenvalue weighted by Gasteiger charge is 2.41. The predicted molar refractivity (Wildman–Crippen MR) is 127 cm³/mol. The molecule has 9 nitrogen and oxygen atoms in total. The van der Waals surface area contributed by atoms with Gasteiger partial charge in [0.15, 0.2) is 31.5 Å². The molecule has 0 saturated carbocycles. The largest absolute Gasteiger partial charge is 0.414 e. The van der Waals surface area contributed by atoms with E-state index < -0.39 is 20.6 Å². The Balaban J connectivity index is 1.50. The molecule has 0 radical (unpaired) electrons. The molecule has 4 rings (SSSR count). The van der Waals surface area contributed by atoms with Crippen molar-refractivity contribution in [3.05, 3.63) is 48.5 Å². The third-order valence-electron chi connectivity index (χ3n) is 6.50. The summed E-state index contributed by atoms with van der Waals surface area (Å²) in [5.41, 5.74) is 1.42. The van der Waals surface area contributed by atoms with Crippen molar-refractivity contribution in [1.82, 2.24) is 19.5 Å². The number of amides is 1. The maximum absolute atomic E-state index is 12.6. The van der Waals surface area contributed by atoms with Crippen molar-refractivity contribution in [2.45, 2.75) is 63.8 Å². The minimum atomic E-state index is -1.92. The molecule has 176 valence electrons. The number of aromatic nitrogens is 4. The molecule has 1 aromatic carbocycles. The zero-order valence-corrected chi connectivity index (χ0v) is 20.6. The van der Waals surface area contributed by atoms with Gasteiger partial charge < -0.3 is 19.6 Å². The van der Waals surface area contributed by atoms with E-state index in [-0.39, 0.29) is 17.0 Å². The van der Waals surface area contributed by atoms with Gasteiger partial charge in [-0.25, -0.2) is 15.0 Å². The maximum Gasteiger partial charge on any atom is 0.256 e. The smallest absolute Gasteiger partial charge is 0.256 e. The van der Waals surface area contributed by atoms with Gasteiger partial charge in [-0.15, -0.1) is 0 Å². The number of nitrogens with zero attached hydrogens (tertiary/aromatic N) is 4. The number of nitrogens with one attached hydrogen (secondary N) is 1. The third kappa shape index (κ3) is 4.84. The van der Waals surface area contributed by atoms with Gasteiger partial charge in [0.2, 0.25) is 0 Å². The number of anilines is 1. The van der Waals surface area contributed by atoms with E-state index in [2.05, 4.69) is 54.1 Å². The Labute approximate surface area is 194 Å². The molecule has 1 fully saturated rings. The Bertz CT molecular complexity index is 1130. The molecule has 1 aliphatic heterocycles. The highest BCUT2D eigenvalue weighted by atomic mass is 28.4. The number of hydrogen-bond acceptors (Lipinski definition) is 7. The zero-order valence-electron chi connectivity index (χ0n) is 19.6. The molecular formula is C23H31N5O4Si. The number of hydrogen-bond donors (Lipinski definition) is 2. The van der Waals surface area contributed by atoms with Crippen LogP contribution in [-0.4, -0.2) is 57.7 Å². The minimum Gasteiger partial charge on any atom is -0.414 e. The summed E-state index contributed by atoms with van der Waals surface area (Å²) in [5.74, 6) is 0.0167. The molecule has 3 heterocycles. The predicted octanol–water partition coefficient (Wildman–Crippen LogP) is 3.75. The van der Waals surface area contributed by atoms with Crippen LogP contribution in [0, 0.1) is 0 Å². The topological polar surface area (TPSA) is 111 Å². The van der Waals surface area contributed by atoms with Crippen molar-refractivity contribution < 1.29 is 19.1 Å². The Morgan fingerprint density at radius 1 is 1.24 bits per heavy atom. The first kappa shape index (κ1) is 23.5. The SMILES string of the molecule is CC(C)(C)[Si](C)(C)OC[C@@H]1C[C@@H](O)[C@H](n2cnc3c(NC(=O)c4ccccc4)ncnc32)O1. The summed E-state index contributed by atoms with van der Waals surface area (Å²) >= 11 is 0. The highest BCUT2D eigenvalue weighted by Crippen LogP contribution is 2.38. The molecular weight excluding hydrogens is 438 g/mol. The molecule has 1 amide bonds. The number of benzene rings is 1. The van der Waals surface area contributed by atoms with E-state index in [9.17, 15) is 9.90 Å². The molecule has 0 unspecified atom stereocenters. The molecule has 0 aliphatic carbocycles. The first-order chi connectivity index (χ1) is 15.6. The summed E-state index contributed by atoms with van der Waals surface area (Å²) < 4.78 is 14.1. The quantitative estimate of drug-likeness (QED) is 0.529. The minimum absolute atomic E-state index is 0.0989. The van der Waals surface area contributed by atoms with Crippen molar-refractivity contribution in [2.75, 3.05) is 11.9 Å². The number of imidazole rings is 1. The fourth-order valence-corrected chi connectivity index (χ4v) is 4.54. The van der Waals surface area contributed by atoms with Crippen LogP contribution in [0.3, 0.4) is 0 Å². The monoisotopic (exact) mass is 469 g/mol. The molecule has 10 heteroatoms. The summed E-state index contributed by atoms with van der Waals surface area (Å²) in [6.45, 7) is 11.4. The standard InChI is InChI=1S/C23H31N5O4Si/c1-23(2,3)33(4,5)31-12-16-11-17(29)22(32-16)28-14-26-18-19(24-13-25-20(18)28)27-21(30)15-9-7-6-8-10-15/h6-10,13-14,16-17,22,29H,11-12H2,1-5H3,(H,24,25,27,30)/t16-,17+,22+/m0/s1. The van der Waals surface area contributed by atoms with Gasteiger partial charge in [0.05, 0.1) is 19.0 Å². The number of aliphatic hydroxyl groups excluding tert-OH is 1. The average Bonchev–Trinajstić information content (AvgIpc) is 3.35. The maximum atomic E-state index is 12.6. The molecule has 3 atom stereocenters. The molecule has 33 heavy (non-hydrogen) atoms. The van der Waals surface area contributed by atoms with Crippen LogP contribution in [0.5, 0.6) is 0 Å². The van der Waals surface area contributed by atoms with Gasteiger partial charge in [0.25, 0.3) is 5.91 Å². The van der Waals surface area contributed by atoms with Gasteiger partial charge in [-0.1, -0.05) is 39.0 Å². The van der Waals surface area contributed by atoms with Crippen molar-refractivity contribution >= 4 is 31.2 Å². The molecule has 3 aromatic rings. The van der Waals surface area contributed by atoms with Crippen molar-refractivity contribution in [1.29, 1.82) is 0 Å². The second kappa shape index (κ2) is 8.94. The van der Waals surface area contributed by atoms with Crippen LogP contribution >= 0.6 is 0 Å². The summed E-state index contributed by atoms with van der Waals surface area (Å²) in [4.78, 5) is 25.5. The first-order valence-electron chi connectivity index (χ1n) is 11.1. The van der Waals surface area contributed by atoms with Crippen LogP contribution in [0.25, 0.3) is 11.2 Å². The Morgan fingerprint density at radius 2 is 1.97 bits per heavy atom. The number of rotatable bonds is 6. The van der Waals surface area contributed by atoms with Gasteiger partial charge in [-0.3, -0.25) is 9.36 Å². The van der Waals surface area contributed by atoms with Crippen LogP contribution in [0.2, 0.25) is 18.1 Å². The highest BCUT2D eigenvalue weighted by molar-refractivity contribution is 6.74. The third-order valence-corrected chi connectivity index (χ3v) is 11.0. The van der Waals surface area contributed by atoms with E-state index in [0.717, 1.165) is 0 Å². The van der Waals surface area contributed by atoms with Gasteiger partial charge in [-0.2, -0.15) is 0 Å². The summed E-state index contributed by atoms with van der Waals surface area (Å²) in [6.07, 6.45) is 1.78. The van der Waals surface area contributed by atoms with Crippen molar-refractivity contribution in [3.8, 4) is 0 Å². The van der Waals surface area contributed by atoms with E-state index in [1.54, 1.807) is 35.2 Å². The van der Waals surface area contributed by atoms with Crippen molar-refractivity contribution in [3.63, 3.8) is 0 Å². The number of fused-ring (bicyclic) bond motifs is 1. The molecule has 1 aliphatic rings. The second-order valence-electron chi connectivity index (χ2n) is 9.89. The lowest BCUT2D eigenvalue weighted by Crippen LogP contribution is -2.42. The summed E-state index contributed by atoms with van der Waals surface area (Å²) in [6, 6.07) is 8.88. The van der Waals surface area contributed by atoms with Crippen LogP contribution in [0.1, 0.15) is 43.8 Å². The molecule has 0 bridgehead atoms. The summed E-state index contributed by atoms with van der Waals surface area (Å²) in [5, 5.41) is 13.6. The Morgan fingerprint density at radius 3 is 2.67 bits per heavy atom. The van der Waals surface area contributed by atoms with E-state index in [1.807, 2.05) is 6.07 Å². The zero-order chi connectivity index (χ0) is 23.8.